The van der Waals surface area contributed by atoms with E-state index in [9.17, 15) is 4.79 Å². The smallest absolute Gasteiger partial charge is 0.261 e. The summed E-state index contributed by atoms with van der Waals surface area (Å²) in [6, 6.07) is 7.75. The van der Waals surface area contributed by atoms with Crippen LogP contribution < -0.4 is 5.56 Å². The molecule has 1 aliphatic rings. The highest BCUT2D eigenvalue weighted by atomic mass is 35.5. The van der Waals surface area contributed by atoms with Gasteiger partial charge in [-0.05, 0) is 31.0 Å². The molecule has 2 aromatic heterocycles. The number of halogens is 1. The van der Waals surface area contributed by atoms with Gasteiger partial charge in [0.2, 0.25) is 0 Å². The van der Waals surface area contributed by atoms with Crippen LogP contribution in [0, 0.1) is 0 Å². The number of rotatable bonds is 3. The molecule has 5 nitrogen and oxygen atoms in total. The van der Waals surface area contributed by atoms with E-state index in [1.807, 2.05) is 16.9 Å². The summed E-state index contributed by atoms with van der Waals surface area (Å²) >= 11 is 6.09. The average Bonchev–Trinajstić information content (AvgIpc) is 3.22. The summed E-state index contributed by atoms with van der Waals surface area (Å²) in [7, 11) is 0. The monoisotopic (exact) mass is 328 g/mol. The lowest BCUT2D eigenvalue weighted by Crippen LogP contribution is -2.21. The fourth-order valence-corrected chi connectivity index (χ4v) is 3.50. The number of hydrogen-bond acceptors (Lipinski definition) is 3. The fourth-order valence-electron chi connectivity index (χ4n) is 3.27. The molecule has 3 aromatic rings. The summed E-state index contributed by atoms with van der Waals surface area (Å²) in [6.07, 6.45) is 8.49. The van der Waals surface area contributed by atoms with Crippen molar-refractivity contribution in [1.82, 2.24) is 19.3 Å². The van der Waals surface area contributed by atoms with Crippen LogP contribution in [0.3, 0.4) is 0 Å². The third-order valence-electron chi connectivity index (χ3n) is 4.50. The van der Waals surface area contributed by atoms with E-state index < -0.39 is 0 Å². The Kier molecular flexibility index (Phi) is 3.65. The Morgan fingerprint density at radius 1 is 1.22 bits per heavy atom. The predicted octanol–water partition coefficient (Wildman–Crippen LogP) is 3.41. The molecule has 1 aromatic carbocycles. The van der Waals surface area contributed by atoms with E-state index in [2.05, 4.69) is 10.1 Å². The van der Waals surface area contributed by atoms with Crippen molar-refractivity contribution in [3.05, 3.63) is 57.9 Å². The van der Waals surface area contributed by atoms with Gasteiger partial charge in [-0.1, -0.05) is 30.5 Å². The largest absolute Gasteiger partial charge is 0.293 e. The van der Waals surface area contributed by atoms with Crippen molar-refractivity contribution in [2.45, 2.75) is 38.3 Å². The van der Waals surface area contributed by atoms with Crippen molar-refractivity contribution in [1.29, 1.82) is 0 Å². The molecule has 0 saturated heterocycles. The SMILES string of the molecule is O=c1c2cccc(Cl)c2ncn1Cc1ccn(C2CCCC2)n1. The van der Waals surface area contributed by atoms with Crippen molar-refractivity contribution in [2.75, 3.05) is 0 Å². The highest BCUT2D eigenvalue weighted by Gasteiger charge is 2.17. The van der Waals surface area contributed by atoms with Gasteiger partial charge in [0.15, 0.2) is 0 Å². The van der Waals surface area contributed by atoms with E-state index in [1.54, 1.807) is 29.1 Å². The molecule has 1 saturated carbocycles. The zero-order valence-electron chi connectivity index (χ0n) is 12.7. The molecule has 118 valence electrons. The van der Waals surface area contributed by atoms with Gasteiger partial charge in [-0.2, -0.15) is 5.10 Å². The minimum Gasteiger partial charge on any atom is -0.293 e. The van der Waals surface area contributed by atoms with Gasteiger partial charge in [-0.25, -0.2) is 4.98 Å². The normalized spacial score (nSPS) is 15.5. The Bertz CT molecular complexity index is 908. The molecule has 0 radical (unpaired) electrons. The summed E-state index contributed by atoms with van der Waals surface area (Å²) in [5.74, 6) is 0. The molecule has 0 bridgehead atoms. The topological polar surface area (TPSA) is 52.7 Å². The zero-order chi connectivity index (χ0) is 15.8. The van der Waals surface area contributed by atoms with Crippen LogP contribution in [0.4, 0.5) is 0 Å². The predicted molar refractivity (Wildman–Crippen MR) is 89.8 cm³/mol. The third-order valence-corrected chi connectivity index (χ3v) is 4.80. The molecule has 0 unspecified atom stereocenters. The van der Waals surface area contributed by atoms with Crippen molar-refractivity contribution in [3.63, 3.8) is 0 Å². The minimum absolute atomic E-state index is 0.0899. The standard InChI is InChI=1S/C17H17ClN4O/c18-15-7-3-6-14-16(15)19-11-21(17(14)23)10-12-8-9-22(20-12)13-4-1-2-5-13/h3,6-9,11,13H,1-2,4-5,10H2. The second-order valence-corrected chi connectivity index (χ2v) is 6.45. The summed E-state index contributed by atoms with van der Waals surface area (Å²) in [5.41, 5.74) is 1.34. The molecule has 23 heavy (non-hydrogen) atoms. The van der Waals surface area contributed by atoms with Gasteiger partial charge in [0, 0.05) is 6.20 Å². The van der Waals surface area contributed by atoms with Gasteiger partial charge in [0.25, 0.3) is 5.56 Å². The van der Waals surface area contributed by atoms with Gasteiger partial charge >= 0.3 is 0 Å². The van der Waals surface area contributed by atoms with E-state index in [4.69, 9.17) is 11.6 Å². The fraction of sp³-hybridized carbons (Fsp3) is 0.353. The van der Waals surface area contributed by atoms with Crippen molar-refractivity contribution < 1.29 is 0 Å². The van der Waals surface area contributed by atoms with Crippen LogP contribution in [-0.4, -0.2) is 19.3 Å². The first-order chi connectivity index (χ1) is 11.2. The van der Waals surface area contributed by atoms with Gasteiger partial charge in [0.05, 0.1) is 40.5 Å². The molecule has 0 aliphatic heterocycles. The lowest BCUT2D eigenvalue weighted by molar-refractivity contribution is 0.461. The highest BCUT2D eigenvalue weighted by molar-refractivity contribution is 6.34. The molecule has 1 fully saturated rings. The van der Waals surface area contributed by atoms with E-state index in [0.29, 0.717) is 28.5 Å². The Morgan fingerprint density at radius 3 is 2.87 bits per heavy atom. The molecule has 0 N–H and O–H groups in total. The van der Waals surface area contributed by atoms with E-state index in [0.717, 1.165) is 5.69 Å². The summed E-state index contributed by atoms with van der Waals surface area (Å²) in [6.45, 7) is 0.425. The number of benzene rings is 1. The molecular formula is C17H17ClN4O. The second kappa shape index (κ2) is 5.81. The first kappa shape index (κ1) is 14.5. The number of aromatic nitrogens is 4. The molecule has 4 rings (SSSR count). The summed E-state index contributed by atoms with van der Waals surface area (Å²) in [4.78, 5) is 16.9. The minimum atomic E-state index is -0.0899. The first-order valence-corrected chi connectivity index (χ1v) is 8.28. The third kappa shape index (κ3) is 2.65. The maximum absolute atomic E-state index is 12.6. The van der Waals surface area contributed by atoms with Crippen molar-refractivity contribution >= 4 is 22.5 Å². The highest BCUT2D eigenvalue weighted by Crippen LogP contribution is 2.28. The second-order valence-electron chi connectivity index (χ2n) is 6.04. The molecule has 0 spiro atoms. The van der Waals surface area contributed by atoms with Crippen molar-refractivity contribution in [2.24, 2.45) is 0 Å². The number of nitrogens with zero attached hydrogens (tertiary/aromatic N) is 4. The quantitative estimate of drug-likeness (QED) is 0.740. The van der Waals surface area contributed by atoms with Crippen LogP contribution >= 0.6 is 11.6 Å². The lowest BCUT2D eigenvalue weighted by Gasteiger charge is -2.09. The number of fused-ring (bicyclic) bond motifs is 1. The molecule has 2 heterocycles. The van der Waals surface area contributed by atoms with Crippen LogP contribution in [-0.2, 0) is 6.54 Å². The van der Waals surface area contributed by atoms with Gasteiger partial charge in [0.1, 0.15) is 0 Å². The van der Waals surface area contributed by atoms with Crippen LogP contribution in [0.25, 0.3) is 10.9 Å². The van der Waals surface area contributed by atoms with E-state index >= 15 is 0 Å². The van der Waals surface area contributed by atoms with Gasteiger partial charge < -0.3 is 0 Å². The van der Waals surface area contributed by atoms with Crippen LogP contribution in [0.5, 0.6) is 0 Å². The summed E-state index contributed by atoms with van der Waals surface area (Å²) in [5, 5.41) is 5.66. The van der Waals surface area contributed by atoms with E-state index in [-0.39, 0.29) is 5.56 Å². The van der Waals surface area contributed by atoms with Crippen LogP contribution in [0.15, 0.2) is 41.6 Å². The van der Waals surface area contributed by atoms with Crippen molar-refractivity contribution in [3.8, 4) is 0 Å². The maximum atomic E-state index is 12.6. The number of para-hydroxylation sites is 1. The van der Waals surface area contributed by atoms with Crippen LogP contribution in [0.2, 0.25) is 5.02 Å². The molecule has 0 amide bonds. The lowest BCUT2D eigenvalue weighted by atomic mass is 10.2. The zero-order valence-corrected chi connectivity index (χ0v) is 13.4. The Balaban J connectivity index is 1.65. The van der Waals surface area contributed by atoms with Gasteiger partial charge in [-0.15, -0.1) is 0 Å². The Labute approximate surface area is 138 Å². The molecular weight excluding hydrogens is 312 g/mol. The van der Waals surface area contributed by atoms with Crippen LogP contribution in [0.1, 0.15) is 37.4 Å². The average molecular weight is 329 g/mol. The number of hydrogen-bond donors (Lipinski definition) is 0. The molecule has 6 heteroatoms. The molecule has 0 atom stereocenters. The Hall–Kier alpha value is -2.14. The maximum Gasteiger partial charge on any atom is 0.261 e. The first-order valence-electron chi connectivity index (χ1n) is 7.90. The van der Waals surface area contributed by atoms with Gasteiger partial charge in [-0.3, -0.25) is 14.0 Å². The Morgan fingerprint density at radius 2 is 2.04 bits per heavy atom. The van der Waals surface area contributed by atoms with E-state index in [1.165, 1.54) is 25.7 Å². The molecule has 1 aliphatic carbocycles. The summed E-state index contributed by atoms with van der Waals surface area (Å²) < 4.78 is 3.62.